The number of rotatable bonds is 5. The van der Waals surface area contributed by atoms with Gasteiger partial charge >= 0.3 is 0 Å². The molecule has 0 fully saturated rings. The molecule has 130 valence electrons. The Kier molecular flexibility index (Phi) is 7.54. The lowest BCUT2D eigenvalue weighted by molar-refractivity contribution is 0.122. The van der Waals surface area contributed by atoms with Gasteiger partial charge in [-0.25, -0.2) is 0 Å². The first kappa shape index (κ1) is 18.6. The van der Waals surface area contributed by atoms with E-state index >= 15 is 0 Å². The number of aliphatic hydroxyl groups excluding tert-OH is 1. The zero-order valence-corrected chi connectivity index (χ0v) is 14.6. The first-order chi connectivity index (χ1) is 12.1. The molecular formula is C22H24O3. The van der Waals surface area contributed by atoms with Crippen LogP contribution in [-0.4, -0.2) is 17.8 Å². The quantitative estimate of drug-likeness (QED) is 0.693. The Balaban J connectivity index is 0.000000269. The van der Waals surface area contributed by atoms with Gasteiger partial charge in [-0.1, -0.05) is 54.1 Å². The van der Waals surface area contributed by atoms with Gasteiger partial charge < -0.3 is 14.6 Å². The Morgan fingerprint density at radius 2 is 1.20 bits per heavy atom. The van der Waals surface area contributed by atoms with Crippen molar-refractivity contribution in [3.8, 4) is 17.2 Å². The lowest BCUT2D eigenvalue weighted by Gasteiger charge is -2.09. The van der Waals surface area contributed by atoms with Gasteiger partial charge in [-0.15, -0.1) is 0 Å². The van der Waals surface area contributed by atoms with Crippen LogP contribution in [0.15, 0.2) is 84.9 Å². The molecule has 0 aliphatic rings. The van der Waals surface area contributed by atoms with Crippen molar-refractivity contribution in [3.63, 3.8) is 0 Å². The van der Waals surface area contributed by atoms with Crippen LogP contribution in [0.25, 0.3) is 0 Å². The highest BCUT2D eigenvalue weighted by Gasteiger charge is 2.00. The van der Waals surface area contributed by atoms with Gasteiger partial charge in [0, 0.05) is 0 Å². The molecule has 0 aromatic heterocycles. The van der Waals surface area contributed by atoms with Gasteiger partial charge in [0.25, 0.3) is 0 Å². The molecule has 3 nitrogen and oxygen atoms in total. The molecule has 0 bridgehead atoms. The molecule has 25 heavy (non-hydrogen) atoms. The van der Waals surface area contributed by atoms with E-state index in [-0.39, 0.29) is 0 Å². The Hall–Kier alpha value is -2.78. The number of benzene rings is 3. The second kappa shape index (κ2) is 10.2. The molecule has 1 atom stereocenters. The highest BCUT2D eigenvalue weighted by atomic mass is 16.5. The lowest BCUT2D eigenvalue weighted by Crippen LogP contribution is -2.12. The topological polar surface area (TPSA) is 38.7 Å². The van der Waals surface area contributed by atoms with Crippen molar-refractivity contribution < 1.29 is 14.6 Å². The molecule has 3 aromatic carbocycles. The van der Waals surface area contributed by atoms with Gasteiger partial charge in [0.05, 0.1) is 6.10 Å². The predicted molar refractivity (Wildman–Crippen MR) is 101 cm³/mol. The maximum atomic E-state index is 9.11. The van der Waals surface area contributed by atoms with E-state index in [1.54, 1.807) is 6.92 Å². The summed E-state index contributed by atoms with van der Waals surface area (Å²) in [5.41, 5.74) is 1.32. The molecule has 0 aliphatic heterocycles. The van der Waals surface area contributed by atoms with Crippen molar-refractivity contribution in [3.05, 3.63) is 90.5 Å². The van der Waals surface area contributed by atoms with Crippen molar-refractivity contribution in [1.29, 1.82) is 0 Å². The van der Waals surface area contributed by atoms with E-state index in [2.05, 4.69) is 19.1 Å². The van der Waals surface area contributed by atoms with Gasteiger partial charge in [0.1, 0.15) is 23.9 Å². The largest absolute Gasteiger partial charge is 0.491 e. The third-order valence-electron chi connectivity index (χ3n) is 3.23. The molecule has 0 spiro atoms. The van der Waals surface area contributed by atoms with Crippen LogP contribution in [0.1, 0.15) is 12.5 Å². The fraction of sp³-hybridized carbons (Fsp3) is 0.182. The maximum absolute atomic E-state index is 9.11. The number of hydrogen-bond donors (Lipinski definition) is 1. The standard InChI is InChI=1S/C15H16O3.C7H8/c1-12(16)11-17-13-7-9-15(10-8-13)18-14-5-3-2-4-6-14;1-7-5-3-2-4-6-7/h2-10,12,16H,11H2,1H3;2-6H,1H3. The monoisotopic (exact) mass is 336 g/mol. The Morgan fingerprint density at radius 3 is 1.68 bits per heavy atom. The van der Waals surface area contributed by atoms with Crippen molar-refractivity contribution in [1.82, 2.24) is 0 Å². The van der Waals surface area contributed by atoms with Gasteiger partial charge in [0.2, 0.25) is 0 Å². The fourth-order valence-electron chi connectivity index (χ4n) is 1.98. The van der Waals surface area contributed by atoms with Crippen LogP contribution in [0.2, 0.25) is 0 Å². The molecule has 0 amide bonds. The van der Waals surface area contributed by atoms with Crippen molar-refractivity contribution in [2.45, 2.75) is 20.0 Å². The Labute approximate surface area is 149 Å². The van der Waals surface area contributed by atoms with Crippen LogP contribution in [0.3, 0.4) is 0 Å². The minimum Gasteiger partial charge on any atom is -0.491 e. The average molecular weight is 336 g/mol. The highest BCUT2D eigenvalue weighted by Crippen LogP contribution is 2.23. The van der Waals surface area contributed by atoms with Crippen molar-refractivity contribution >= 4 is 0 Å². The van der Waals surface area contributed by atoms with Crippen LogP contribution >= 0.6 is 0 Å². The number of aryl methyl sites for hydroxylation is 1. The molecule has 0 saturated heterocycles. The molecule has 3 heteroatoms. The number of aliphatic hydroxyl groups is 1. The normalized spacial score (nSPS) is 11.0. The zero-order chi connectivity index (χ0) is 17.9. The fourth-order valence-corrected chi connectivity index (χ4v) is 1.98. The van der Waals surface area contributed by atoms with E-state index in [9.17, 15) is 0 Å². The second-order valence-corrected chi connectivity index (χ2v) is 5.70. The maximum Gasteiger partial charge on any atom is 0.127 e. The summed E-state index contributed by atoms with van der Waals surface area (Å²) in [6.07, 6.45) is -0.467. The number of ether oxygens (including phenoxy) is 2. The minimum atomic E-state index is -0.467. The summed E-state index contributed by atoms with van der Waals surface area (Å²) in [4.78, 5) is 0. The van der Waals surface area contributed by atoms with Gasteiger partial charge in [-0.2, -0.15) is 0 Å². The zero-order valence-electron chi connectivity index (χ0n) is 14.6. The summed E-state index contributed by atoms with van der Waals surface area (Å²) in [6.45, 7) is 4.06. The van der Waals surface area contributed by atoms with Crippen LogP contribution in [0, 0.1) is 6.92 Å². The van der Waals surface area contributed by atoms with Crippen molar-refractivity contribution in [2.75, 3.05) is 6.61 Å². The Morgan fingerprint density at radius 1 is 0.720 bits per heavy atom. The summed E-state index contributed by atoms with van der Waals surface area (Å²) in [5, 5.41) is 9.11. The first-order valence-corrected chi connectivity index (χ1v) is 8.29. The summed E-state index contributed by atoms with van der Waals surface area (Å²) in [6, 6.07) is 27.2. The molecule has 3 aromatic rings. The van der Waals surface area contributed by atoms with Crippen LogP contribution in [0.5, 0.6) is 17.2 Å². The van der Waals surface area contributed by atoms with Gasteiger partial charge in [-0.05, 0) is 50.2 Å². The van der Waals surface area contributed by atoms with Crippen LogP contribution in [0.4, 0.5) is 0 Å². The summed E-state index contributed by atoms with van der Waals surface area (Å²) >= 11 is 0. The van der Waals surface area contributed by atoms with Gasteiger partial charge in [0.15, 0.2) is 0 Å². The number of hydrogen-bond acceptors (Lipinski definition) is 3. The van der Waals surface area contributed by atoms with E-state index in [0.29, 0.717) is 6.61 Å². The molecule has 0 heterocycles. The lowest BCUT2D eigenvalue weighted by atomic mass is 10.2. The number of para-hydroxylation sites is 1. The summed E-state index contributed by atoms with van der Waals surface area (Å²) < 4.78 is 11.0. The highest BCUT2D eigenvalue weighted by molar-refractivity contribution is 5.35. The molecule has 0 radical (unpaired) electrons. The molecular weight excluding hydrogens is 312 g/mol. The van der Waals surface area contributed by atoms with E-state index < -0.39 is 6.10 Å². The molecule has 3 rings (SSSR count). The van der Waals surface area contributed by atoms with E-state index in [0.717, 1.165) is 17.2 Å². The van der Waals surface area contributed by atoms with Crippen LogP contribution in [-0.2, 0) is 0 Å². The second-order valence-electron chi connectivity index (χ2n) is 5.70. The molecule has 1 N–H and O–H groups in total. The third kappa shape index (κ3) is 7.55. The third-order valence-corrected chi connectivity index (χ3v) is 3.23. The van der Waals surface area contributed by atoms with E-state index in [1.165, 1.54) is 5.56 Å². The Bertz CT molecular complexity index is 707. The predicted octanol–water partition coefficient (Wildman–Crippen LogP) is 5.23. The SMILES string of the molecule is CC(O)COc1ccc(Oc2ccccc2)cc1.Cc1ccccc1. The van der Waals surface area contributed by atoms with Crippen LogP contribution < -0.4 is 9.47 Å². The molecule has 1 unspecified atom stereocenters. The molecule has 0 saturated carbocycles. The summed E-state index contributed by atoms with van der Waals surface area (Å²) in [5.74, 6) is 2.28. The van der Waals surface area contributed by atoms with Crippen molar-refractivity contribution in [2.24, 2.45) is 0 Å². The average Bonchev–Trinajstić information content (AvgIpc) is 2.63. The van der Waals surface area contributed by atoms with E-state index in [4.69, 9.17) is 14.6 Å². The minimum absolute atomic E-state index is 0.291. The van der Waals surface area contributed by atoms with Gasteiger partial charge in [-0.3, -0.25) is 0 Å². The summed E-state index contributed by atoms with van der Waals surface area (Å²) in [7, 11) is 0. The first-order valence-electron chi connectivity index (χ1n) is 8.29. The van der Waals surface area contributed by atoms with E-state index in [1.807, 2.05) is 72.8 Å². The smallest absolute Gasteiger partial charge is 0.127 e. The molecule has 0 aliphatic carbocycles.